The largest absolute Gasteiger partial charge is 0.382 e. The molecule has 6 nitrogen and oxygen atoms in total. The van der Waals surface area contributed by atoms with Crippen LogP contribution in [0.4, 0.5) is 10.9 Å². The molecule has 0 radical (unpaired) electrons. The predicted molar refractivity (Wildman–Crippen MR) is 78.8 cm³/mol. The van der Waals surface area contributed by atoms with E-state index in [1.54, 1.807) is 0 Å². The van der Waals surface area contributed by atoms with Gasteiger partial charge in [0.1, 0.15) is 10.7 Å². The molecule has 1 fully saturated rings. The van der Waals surface area contributed by atoms with Crippen LogP contribution in [0.3, 0.4) is 0 Å². The molecule has 1 saturated carbocycles. The minimum Gasteiger partial charge on any atom is -0.382 e. The van der Waals surface area contributed by atoms with Crippen LogP contribution in [0.15, 0.2) is 0 Å². The van der Waals surface area contributed by atoms with Gasteiger partial charge in [-0.05, 0) is 19.9 Å². The summed E-state index contributed by atoms with van der Waals surface area (Å²) in [6.45, 7) is 1.51. The van der Waals surface area contributed by atoms with E-state index in [-0.39, 0.29) is 5.91 Å². The standard InChI is InChI=1S/C12H21N5OS/c1-16(2)12-15-10(13)9(19-12)11(18)14-6-7-17(3)8-4-5-8/h8H,4-7,13H2,1-3H3,(H,14,18). The lowest BCUT2D eigenvalue weighted by Gasteiger charge is -2.15. The van der Waals surface area contributed by atoms with E-state index < -0.39 is 0 Å². The zero-order valence-electron chi connectivity index (χ0n) is 11.6. The average Bonchev–Trinajstić information content (AvgIpc) is 3.12. The number of aromatic nitrogens is 1. The first-order chi connectivity index (χ1) is 8.99. The predicted octanol–water partition coefficient (Wildman–Crippen LogP) is 0.615. The Morgan fingerprint density at radius 1 is 1.47 bits per heavy atom. The minimum atomic E-state index is -0.132. The molecule has 1 aromatic rings. The van der Waals surface area contributed by atoms with Gasteiger partial charge < -0.3 is 20.9 Å². The van der Waals surface area contributed by atoms with Crippen LogP contribution in [0.5, 0.6) is 0 Å². The fourth-order valence-electron chi connectivity index (χ4n) is 1.80. The van der Waals surface area contributed by atoms with Gasteiger partial charge in [-0.3, -0.25) is 4.79 Å². The van der Waals surface area contributed by atoms with Crippen molar-refractivity contribution in [3.63, 3.8) is 0 Å². The number of likely N-dealkylation sites (N-methyl/N-ethyl adjacent to an activating group) is 1. The van der Waals surface area contributed by atoms with E-state index in [1.807, 2.05) is 19.0 Å². The zero-order valence-corrected chi connectivity index (χ0v) is 12.5. The summed E-state index contributed by atoms with van der Waals surface area (Å²) in [5.74, 6) is 0.175. The van der Waals surface area contributed by atoms with Gasteiger partial charge in [-0.25, -0.2) is 4.98 Å². The number of nitrogen functional groups attached to an aromatic ring is 1. The first-order valence-electron chi connectivity index (χ1n) is 6.41. The molecule has 0 saturated heterocycles. The van der Waals surface area contributed by atoms with Crippen LogP contribution in [0, 0.1) is 0 Å². The highest BCUT2D eigenvalue weighted by molar-refractivity contribution is 7.18. The van der Waals surface area contributed by atoms with Gasteiger partial charge in [0.2, 0.25) is 0 Å². The molecule has 1 aromatic heterocycles. The van der Waals surface area contributed by atoms with Gasteiger partial charge in [0.15, 0.2) is 5.13 Å². The summed E-state index contributed by atoms with van der Waals surface area (Å²) in [6, 6.07) is 0.714. The number of hydrogen-bond donors (Lipinski definition) is 2. The fraction of sp³-hybridized carbons (Fsp3) is 0.667. The highest BCUT2D eigenvalue weighted by atomic mass is 32.1. The van der Waals surface area contributed by atoms with Crippen molar-refractivity contribution >= 4 is 28.2 Å². The van der Waals surface area contributed by atoms with Gasteiger partial charge in [0, 0.05) is 33.2 Å². The van der Waals surface area contributed by atoms with Crippen LogP contribution in [0.2, 0.25) is 0 Å². The quantitative estimate of drug-likeness (QED) is 0.800. The molecule has 0 spiro atoms. The Morgan fingerprint density at radius 3 is 2.68 bits per heavy atom. The molecule has 0 unspecified atom stereocenters. The molecule has 1 aliphatic carbocycles. The van der Waals surface area contributed by atoms with E-state index in [0.717, 1.165) is 11.7 Å². The first kappa shape index (κ1) is 14.1. The summed E-state index contributed by atoms with van der Waals surface area (Å²) in [6.07, 6.45) is 2.55. The van der Waals surface area contributed by atoms with Gasteiger partial charge >= 0.3 is 0 Å². The molecule has 106 valence electrons. The topological polar surface area (TPSA) is 74.5 Å². The van der Waals surface area contributed by atoms with E-state index in [4.69, 9.17) is 5.73 Å². The lowest BCUT2D eigenvalue weighted by Crippen LogP contribution is -2.33. The Morgan fingerprint density at radius 2 is 2.16 bits per heavy atom. The lowest BCUT2D eigenvalue weighted by molar-refractivity contribution is 0.0954. The maximum atomic E-state index is 12.0. The van der Waals surface area contributed by atoms with Crippen molar-refractivity contribution in [1.82, 2.24) is 15.2 Å². The molecular weight excluding hydrogens is 262 g/mol. The first-order valence-corrected chi connectivity index (χ1v) is 7.22. The van der Waals surface area contributed by atoms with Gasteiger partial charge in [0.05, 0.1) is 0 Å². The molecule has 1 amide bonds. The number of nitrogens with two attached hydrogens (primary N) is 1. The molecule has 1 aliphatic rings. The van der Waals surface area contributed by atoms with Crippen LogP contribution in [0.25, 0.3) is 0 Å². The number of amides is 1. The van der Waals surface area contributed by atoms with Crippen LogP contribution in [0.1, 0.15) is 22.5 Å². The second-order valence-corrected chi connectivity index (χ2v) is 6.05. The summed E-state index contributed by atoms with van der Waals surface area (Å²) >= 11 is 1.32. The molecule has 19 heavy (non-hydrogen) atoms. The van der Waals surface area contributed by atoms with Crippen LogP contribution >= 0.6 is 11.3 Å². The lowest BCUT2D eigenvalue weighted by atomic mass is 10.4. The number of nitrogens with one attached hydrogen (secondary N) is 1. The van der Waals surface area contributed by atoms with Crippen molar-refractivity contribution in [3.05, 3.63) is 4.88 Å². The van der Waals surface area contributed by atoms with E-state index in [0.29, 0.717) is 23.3 Å². The van der Waals surface area contributed by atoms with E-state index in [9.17, 15) is 4.79 Å². The van der Waals surface area contributed by atoms with E-state index in [1.165, 1.54) is 24.2 Å². The SMILES string of the molecule is CN(C)c1nc(N)c(C(=O)NCCN(C)C2CC2)s1. The maximum Gasteiger partial charge on any atom is 0.265 e. The Bertz CT molecular complexity index is 455. The van der Waals surface area contributed by atoms with Gasteiger partial charge in [0.25, 0.3) is 5.91 Å². The third-order valence-electron chi connectivity index (χ3n) is 3.15. The van der Waals surface area contributed by atoms with Crippen molar-refractivity contribution < 1.29 is 4.79 Å². The smallest absolute Gasteiger partial charge is 0.265 e. The summed E-state index contributed by atoms with van der Waals surface area (Å²) in [4.78, 5) is 20.8. The van der Waals surface area contributed by atoms with Gasteiger partial charge in [-0.15, -0.1) is 0 Å². The third kappa shape index (κ3) is 3.57. The Balaban J connectivity index is 1.85. The van der Waals surface area contributed by atoms with Gasteiger partial charge in [-0.1, -0.05) is 11.3 Å². The molecule has 3 N–H and O–H groups in total. The summed E-state index contributed by atoms with van der Waals surface area (Å²) in [7, 11) is 5.85. The number of carbonyl (C=O) groups is 1. The fourth-order valence-corrected chi connectivity index (χ4v) is 2.62. The van der Waals surface area contributed by atoms with Crippen molar-refractivity contribution in [2.24, 2.45) is 0 Å². The third-order valence-corrected chi connectivity index (χ3v) is 4.39. The molecule has 1 heterocycles. The van der Waals surface area contributed by atoms with Crippen molar-refractivity contribution in [2.45, 2.75) is 18.9 Å². The molecule has 0 aliphatic heterocycles. The molecule has 0 atom stereocenters. The number of anilines is 2. The summed E-state index contributed by atoms with van der Waals surface area (Å²) in [5, 5.41) is 3.64. The number of hydrogen-bond acceptors (Lipinski definition) is 6. The number of nitrogens with zero attached hydrogens (tertiary/aromatic N) is 3. The van der Waals surface area contributed by atoms with Crippen LogP contribution in [-0.4, -0.2) is 56.1 Å². The Hall–Kier alpha value is -1.34. The minimum absolute atomic E-state index is 0.132. The molecule has 7 heteroatoms. The molecule has 0 bridgehead atoms. The monoisotopic (exact) mass is 283 g/mol. The van der Waals surface area contributed by atoms with Crippen LogP contribution in [-0.2, 0) is 0 Å². The maximum absolute atomic E-state index is 12.0. The number of rotatable bonds is 6. The second-order valence-electron chi connectivity index (χ2n) is 5.07. The molecule has 0 aromatic carbocycles. The highest BCUT2D eigenvalue weighted by Crippen LogP contribution is 2.26. The van der Waals surface area contributed by atoms with Crippen molar-refractivity contribution in [3.8, 4) is 0 Å². The second kappa shape index (κ2) is 5.75. The van der Waals surface area contributed by atoms with Crippen LogP contribution < -0.4 is 16.0 Å². The molecular formula is C12H21N5OS. The summed E-state index contributed by atoms with van der Waals surface area (Å²) < 4.78 is 0. The Kier molecular flexibility index (Phi) is 4.26. The normalized spacial score (nSPS) is 14.7. The highest BCUT2D eigenvalue weighted by Gasteiger charge is 2.25. The average molecular weight is 283 g/mol. The number of carbonyl (C=O) groups excluding carboxylic acids is 1. The Labute approximate surface area is 117 Å². The summed E-state index contributed by atoms with van der Waals surface area (Å²) in [5.41, 5.74) is 5.77. The van der Waals surface area contributed by atoms with Gasteiger partial charge in [-0.2, -0.15) is 0 Å². The molecule has 2 rings (SSSR count). The van der Waals surface area contributed by atoms with E-state index in [2.05, 4.69) is 22.2 Å². The van der Waals surface area contributed by atoms with E-state index >= 15 is 0 Å². The number of thiazole rings is 1. The van der Waals surface area contributed by atoms with Crippen molar-refractivity contribution in [1.29, 1.82) is 0 Å². The van der Waals surface area contributed by atoms with Crippen molar-refractivity contribution in [2.75, 3.05) is 44.9 Å². The zero-order chi connectivity index (χ0) is 14.0.